The monoisotopic (exact) mass is 508 g/mol. The Morgan fingerprint density at radius 3 is 2.70 bits per heavy atom. The average Bonchev–Trinajstić information content (AvgIpc) is 3.61. The van der Waals surface area contributed by atoms with Gasteiger partial charge in [0.25, 0.3) is 11.8 Å². The van der Waals surface area contributed by atoms with Gasteiger partial charge in [-0.05, 0) is 55.7 Å². The fourth-order valence-corrected chi connectivity index (χ4v) is 4.50. The highest BCUT2D eigenvalue weighted by molar-refractivity contribution is 6.05. The zero-order valence-corrected chi connectivity index (χ0v) is 20.6. The van der Waals surface area contributed by atoms with E-state index in [0.717, 1.165) is 18.4 Å². The first-order valence-electron chi connectivity index (χ1n) is 12.4. The van der Waals surface area contributed by atoms with Crippen LogP contribution in [0.2, 0.25) is 0 Å². The van der Waals surface area contributed by atoms with Crippen molar-refractivity contribution in [2.45, 2.75) is 25.9 Å². The predicted octanol–water partition coefficient (Wildman–Crippen LogP) is 3.79. The summed E-state index contributed by atoms with van der Waals surface area (Å²) in [6.07, 6.45) is 1.94. The Morgan fingerprint density at radius 1 is 1.08 bits per heavy atom. The number of carbonyl (C=O) groups is 2. The summed E-state index contributed by atoms with van der Waals surface area (Å²) in [7, 11) is 0. The number of benzene rings is 2. The molecule has 37 heavy (non-hydrogen) atoms. The van der Waals surface area contributed by atoms with Crippen molar-refractivity contribution < 1.29 is 28.0 Å². The van der Waals surface area contributed by atoms with Gasteiger partial charge in [0.1, 0.15) is 11.5 Å². The van der Waals surface area contributed by atoms with Gasteiger partial charge in [-0.3, -0.25) is 9.59 Å². The van der Waals surface area contributed by atoms with Gasteiger partial charge in [0.05, 0.1) is 19.3 Å². The topological polar surface area (TPSA) is 106 Å². The number of halogens is 1. The normalized spacial score (nSPS) is 17.6. The van der Waals surface area contributed by atoms with Crippen molar-refractivity contribution >= 4 is 23.2 Å². The van der Waals surface area contributed by atoms with Crippen molar-refractivity contribution in [2.75, 3.05) is 49.7 Å². The molecule has 0 saturated carbocycles. The summed E-state index contributed by atoms with van der Waals surface area (Å²) in [6.45, 7) is 5.43. The van der Waals surface area contributed by atoms with E-state index in [2.05, 4.69) is 15.8 Å². The second-order valence-corrected chi connectivity index (χ2v) is 9.20. The Kier molecular flexibility index (Phi) is 7.47. The van der Waals surface area contributed by atoms with Crippen LogP contribution in [0.15, 0.2) is 47.0 Å². The maximum absolute atomic E-state index is 14.3. The number of hydrogen-bond acceptors (Lipinski definition) is 7. The van der Waals surface area contributed by atoms with E-state index >= 15 is 0 Å². The van der Waals surface area contributed by atoms with Crippen molar-refractivity contribution in [1.82, 2.24) is 10.5 Å². The summed E-state index contributed by atoms with van der Waals surface area (Å²) in [5, 5.41) is 9.70. The molecule has 1 aromatic heterocycles. The second kappa shape index (κ2) is 11.1. The molecule has 2 aromatic carbocycles. The number of aromatic nitrogens is 1. The molecule has 2 aliphatic heterocycles. The Morgan fingerprint density at radius 2 is 1.92 bits per heavy atom. The number of nitrogens with zero attached hydrogens (tertiary/aromatic N) is 2. The predicted molar refractivity (Wildman–Crippen MR) is 135 cm³/mol. The molecule has 0 spiro atoms. The largest absolute Gasteiger partial charge is 0.378 e. The number of hydrogen-bond donors (Lipinski definition) is 2. The number of aryl methyl sites for hydroxylation is 1. The maximum atomic E-state index is 14.3. The van der Waals surface area contributed by atoms with Crippen LogP contribution in [0.5, 0.6) is 0 Å². The molecule has 0 aliphatic carbocycles. The molecule has 194 valence electrons. The maximum Gasteiger partial charge on any atom is 0.290 e. The van der Waals surface area contributed by atoms with Gasteiger partial charge in [-0.25, -0.2) is 4.39 Å². The third kappa shape index (κ3) is 5.98. The van der Waals surface area contributed by atoms with E-state index < -0.39 is 11.7 Å². The summed E-state index contributed by atoms with van der Waals surface area (Å²) in [6, 6.07) is 11.2. The Labute approximate surface area is 213 Å². The zero-order chi connectivity index (χ0) is 25.8. The van der Waals surface area contributed by atoms with Crippen LogP contribution in [-0.4, -0.2) is 62.5 Å². The molecule has 1 atom stereocenters. The molecule has 2 fully saturated rings. The van der Waals surface area contributed by atoms with Gasteiger partial charge in [0.2, 0.25) is 5.76 Å². The first-order chi connectivity index (χ1) is 18.0. The smallest absolute Gasteiger partial charge is 0.290 e. The summed E-state index contributed by atoms with van der Waals surface area (Å²) in [5.74, 6) is -1.18. The number of ether oxygens (including phenoxy) is 2. The van der Waals surface area contributed by atoms with Gasteiger partial charge in [0.15, 0.2) is 0 Å². The standard InChI is InChI=1S/C27H29FN4O5/c1-17-4-5-20(30-26(33)18-11-19(28)13-21(12-18)32-6-9-35-10-7-32)14-23(17)24-15-25(37-31-24)27(34)29-16-22-3-2-8-36-22/h4-5,11-15,22H,2-3,6-10,16H2,1H3,(H,29,34)(H,30,33). The fraction of sp³-hybridized carbons (Fsp3) is 0.370. The number of rotatable bonds is 7. The molecule has 2 amide bonds. The first kappa shape index (κ1) is 24.9. The average molecular weight is 509 g/mol. The Bertz CT molecular complexity index is 1280. The third-order valence-corrected chi connectivity index (χ3v) is 6.54. The van der Waals surface area contributed by atoms with Crippen molar-refractivity contribution in [3.05, 3.63) is 65.2 Å². The highest BCUT2D eigenvalue weighted by Gasteiger charge is 2.20. The molecular formula is C27H29FN4O5. The summed E-state index contributed by atoms with van der Waals surface area (Å²) in [4.78, 5) is 27.5. The van der Waals surface area contributed by atoms with Crippen LogP contribution in [0.4, 0.5) is 15.8 Å². The quantitative estimate of drug-likeness (QED) is 0.500. The van der Waals surface area contributed by atoms with Crippen LogP contribution >= 0.6 is 0 Å². The van der Waals surface area contributed by atoms with E-state index in [9.17, 15) is 14.0 Å². The van der Waals surface area contributed by atoms with Crippen LogP contribution in [0.1, 0.15) is 39.3 Å². The van der Waals surface area contributed by atoms with E-state index in [-0.39, 0.29) is 23.3 Å². The Hall–Kier alpha value is -3.76. The first-order valence-corrected chi connectivity index (χ1v) is 12.4. The molecule has 2 N–H and O–H groups in total. The molecule has 0 bridgehead atoms. The molecule has 9 nitrogen and oxygen atoms in total. The van der Waals surface area contributed by atoms with Crippen LogP contribution < -0.4 is 15.5 Å². The minimum Gasteiger partial charge on any atom is -0.378 e. The molecule has 0 radical (unpaired) electrons. The van der Waals surface area contributed by atoms with Gasteiger partial charge in [-0.15, -0.1) is 0 Å². The van der Waals surface area contributed by atoms with Gasteiger partial charge in [0, 0.05) is 54.8 Å². The van der Waals surface area contributed by atoms with E-state index in [1.165, 1.54) is 12.1 Å². The minimum atomic E-state index is -0.480. The van der Waals surface area contributed by atoms with Crippen LogP contribution in [0.3, 0.4) is 0 Å². The van der Waals surface area contributed by atoms with Gasteiger partial charge in [-0.1, -0.05) is 11.2 Å². The molecule has 1 unspecified atom stereocenters. The van der Waals surface area contributed by atoms with E-state index in [4.69, 9.17) is 14.0 Å². The number of amides is 2. The molecule has 10 heteroatoms. The van der Waals surface area contributed by atoms with Gasteiger partial charge >= 0.3 is 0 Å². The zero-order valence-electron chi connectivity index (χ0n) is 20.6. The third-order valence-electron chi connectivity index (χ3n) is 6.54. The fourth-order valence-electron chi connectivity index (χ4n) is 4.50. The minimum absolute atomic E-state index is 0.0249. The summed E-state index contributed by atoms with van der Waals surface area (Å²) in [5.41, 5.74) is 3.43. The lowest BCUT2D eigenvalue weighted by molar-refractivity contribution is 0.0827. The lowest BCUT2D eigenvalue weighted by atomic mass is 10.0. The highest BCUT2D eigenvalue weighted by atomic mass is 19.1. The number of carbonyl (C=O) groups excluding carboxylic acids is 2. The SMILES string of the molecule is Cc1ccc(NC(=O)c2cc(F)cc(N3CCOCC3)c2)cc1-c1cc(C(=O)NCC2CCCO2)on1. The molecule has 5 rings (SSSR count). The van der Waals surface area contributed by atoms with E-state index in [1.54, 1.807) is 24.3 Å². The second-order valence-electron chi connectivity index (χ2n) is 9.20. The Balaban J connectivity index is 1.29. The van der Waals surface area contributed by atoms with Crippen molar-refractivity contribution in [2.24, 2.45) is 0 Å². The highest BCUT2D eigenvalue weighted by Crippen LogP contribution is 2.27. The van der Waals surface area contributed by atoms with E-state index in [1.807, 2.05) is 17.9 Å². The summed E-state index contributed by atoms with van der Waals surface area (Å²) < 4.78 is 30.5. The van der Waals surface area contributed by atoms with Crippen LogP contribution in [0.25, 0.3) is 11.3 Å². The van der Waals surface area contributed by atoms with Crippen LogP contribution in [0, 0.1) is 12.7 Å². The van der Waals surface area contributed by atoms with Gasteiger partial charge < -0.3 is 29.5 Å². The van der Waals surface area contributed by atoms with Crippen molar-refractivity contribution in [3.63, 3.8) is 0 Å². The summed E-state index contributed by atoms with van der Waals surface area (Å²) >= 11 is 0. The van der Waals surface area contributed by atoms with Gasteiger partial charge in [-0.2, -0.15) is 0 Å². The molecule has 3 heterocycles. The molecule has 3 aromatic rings. The van der Waals surface area contributed by atoms with Crippen LogP contribution in [-0.2, 0) is 9.47 Å². The molecule has 2 aliphatic rings. The number of nitrogens with one attached hydrogen (secondary N) is 2. The number of morpholine rings is 1. The van der Waals surface area contributed by atoms with Crippen molar-refractivity contribution in [3.8, 4) is 11.3 Å². The lowest BCUT2D eigenvalue weighted by Crippen LogP contribution is -2.36. The lowest BCUT2D eigenvalue weighted by Gasteiger charge is -2.29. The number of anilines is 2. The van der Waals surface area contributed by atoms with E-state index in [0.29, 0.717) is 62.1 Å². The molecule has 2 saturated heterocycles. The molecular weight excluding hydrogens is 479 g/mol. The van der Waals surface area contributed by atoms with Crippen molar-refractivity contribution in [1.29, 1.82) is 0 Å².